The molecule has 1 N–H and O–H groups in total. The molecule has 1 atom stereocenters. The van der Waals surface area contributed by atoms with Gasteiger partial charge in [-0.3, -0.25) is 19.7 Å². The maximum absolute atomic E-state index is 12.5. The van der Waals surface area contributed by atoms with Gasteiger partial charge >= 0.3 is 0 Å². The third-order valence-electron chi connectivity index (χ3n) is 4.64. The molecule has 1 aliphatic heterocycles. The number of hydrogen-bond acceptors (Lipinski definition) is 4. The highest BCUT2D eigenvalue weighted by Gasteiger charge is 2.35. The molecule has 0 aliphatic carbocycles. The average molecular weight is 353 g/mol. The largest absolute Gasteiger partial charge is 0.326 e. The summed E-state index contributed by atoms with van der Waals surface area (Å²) in [6.45, 7) is 4.23. The zero-order valence-corrected chi connectivity index (χ0v) is 14.6. The molecule has 0 spiro atoms. The smallest absolute Gasteiger partial charge is 0.269 e. The minimum absolute atomic E-state index is 0.0376. The number of rotatable bonds is 4. The Morgan fingerprint density at radius 3 is 2.46 bits per heavy atom. The molecule has 2 aromatic carbocycles. The van der Waals surface area contributed by atoms with E-state index in [9.17, 15) is 19.7 Å². The van der Waals surface area contributed by atoms with Gasteiger partial charge in [-0.05, 0) is 49.2 Å². The van der Waals surface area contributed by atoms with Gasteiger partial charge in [0.2, 0.25) is 11.8 Å². The van der Waals surface area contributed by atoms with Gasteiger partial charge in [0.05, 0.1) is 10.8 Å². The lowest BCUT2D eigenvalue weighted by Gasteiger charge is -2.16. The Hall–Kier alpha value is -3.22. The first-order chi connectivity index (χ1) is 12.3. The van der Waals surface area contributed by atoms with Gasteiger partial charge in [0.15, 0.2) is 0 Å². The monoisotopic (exact) mass is 353 g/mol. The second kappa shape index (κ2) is 6.95. The second-order valence-corrected chi connectivity index (χ2v) is 6.47. The van der Waals surface area contributed by atoms with Crippen molar-refractivity contribution in [3.05, 3.63) is 63.7 Å². The minimum Gasteiger partial charge on any atom is -0.326 e. The molecule has 7 nitrogen and oxygen atoms in total. The van der Waals surface area contributed by atoms with Crippen molar-refractivity contribution in [2.75, 3.05) is 16.8 Å². The number of nitro groups is 1. The molecule has 0 aromatic heterocycles. The molecule has 1 saturated heterocycles. The summed E-state index contributed by atoms with van der Waals surface area (Å²) in [5.41, 5.74) is 3.45. The number of carbonyl (C=O) groups is 2. The first-order valence-corrected chi connectivity index (χ1v) is 8.28. The van der Waals surface area contributed by atoms with Crippen molar-refractivity contribution < 1.29 is 14.5 Å². The van der Waals surface area contributed by atoms with Gasteiger partial charge in [-0.25, -0.2) is 0 Å². The number of aryl methyl sites for hydroxylation is 2. The van der Waals surface area contributed by atoms with Crippen LogP contribution in [0.15, 0.2) is 42.5 Å². The molecule has 0 unspecified atom stereocenters. The number of nitrogens with one attached hydrogen (secondary N) is 1. The molecule has 2 aromatic rings. The van der Waals surface area contributed by atoms with Crippen molar-refractivity contribution in [1.29, 1.82) is 0 Å². The van der Waals surface area contributed by atoms with E-state index in [0.29, 0.717) is 11.4 Å². The summed E-state index contributed by atoms with van der Waals surface area (Å²) < 4.78 is 0. The van der Waals surface area contributed by atoms with Crippen LogP contribution in [0, 0.1) is 29.9 Å². The fourth-order valence-electron chi connectivity index (χ4n) is 2.95. The minimum atomic E-state index is -0.491. The second-order valence-electron chi connectivity index (χ2n) is 6.47. The highest BCUT2D eigenvalue weighted by atomic mass is 16.6. The molecule has 1 aliphatic rings. The maximum atomic E-state index is 12.5. The Kier molecular flexibility index (Phi) is 4.71. The third kappa shape index (κ3) is 3.56. The van der Waals surface area contributed by atoms with Gasteiger partial charge in [0.1, 0.15) is 0 Å². The van der Waals surface area contributed by atoms with Gasteiger partial charge in [-0.1, -0.05) is 6.07 Å². The zero-order valence-electron chi connectivity index (χ0n) is 14.6. The first-order valence-electron chi connectivity index (χ1n) is 8.28. The Bertz CT molecular complexity index is 877. The highest BCUT2D eigenvalue weighted by Crippen LogP contribution is 2.27. The Labute approximate surface area is 150 Å². The summed E-state index contributed by atoms with van der Waals surface area (Å²) >= 11 is 0. The molecule has 134 valence electrons. The lowest BCUT2D eigenvalue weighted by atomic mass is 10.1. The zero-order chi connectivity index (χ0) is 18.8. The van der Waals surface area contributed by atoms with Gasteiger partial charge in [0.25, 0.3) is 5.69 Å². The van der Waals surface area contributed by atoms with Crippen molar-refractivity contribution in [2.24, 2.45) is 5.92 Å². The quantitative estimate of drug-likeness (QED) is 0.675. The van der Waals surface area contributed by atoms with Gasteiger partial charge in [0, 0.05) is 36.5 Å². The summed E-state index contributed by atoms with van der Waals surface area (Å²) in [5, 5.41) is 13.6. The molecule has 7 heteroatoms. The normalized spacial score (nSPS) is 16.6. The molecule has 3 rings (SSSR count). The summed E-state index contributed by atoms with van der Waals surface area (Å²) in [4.78, 5) is 36.5. The van der Waals surface area contributed by atoms with Crippen LogP contribution in [-0.2, 0) is 9.59 Å². The Morgan fingerprint density at radius 2 is 1.85 bits per heavy atom. The Balaban J connectivity index is 1.69. The topological polar surface area (TPSA) is 92.6 Å². The van der Waals surface area contributed by atoms with E-state index in [1.165, 1.54) is 29.2 Å². The summed E-state index contributed by atoms with van der Waals surface area (Å²) in [6, 6.07) is 11.4. The van der Waals surface area contributed by atoms with E-state index >= 15 is 0 Å². The van der Waals surface area contributed by atoms with E-state index < -0.39 is 10.8 Å². The average Bonchev–Trinajstić information content (AvgIpc) is 3.00. The molecule has 1 heterocycles. The molecular weight excluding hydrogens is 334 g/mol. The van der Waals surface area contributed by atoms with Crippen LogP contribution >= 0.6 is 0 Å². The summed E-state index contributed by atoms with van der Waals surface area (Å²) in [5.74, 6) is -0.829. The van der Waals surface area contributed by atoms with E-state index in [0.717, 1.165) is 11.1 Å². The molecule has 0 bridgehead atoms. The molecule has 0 radical (unpaired) electrons. The van der Waals surface area contributed by atoms with Crippen molar-refractivity contribution >= 4 is 28.9 Å². The number of carbonyl (C=O) groups excluding carboxylic acids is 2. The van der Waals surface area contributed by atoms with Gasteiger partial charge in [-0.15, -0.1) is 0 Å². The van der Waals surface area contributed by atoms with E-state index in [-0.39, 0.29) is 30.5 Å². The van der Waals surface area contributed by atoms with Crippen LogP contribution in [0.4, 0.5) is 17.1 Å². The fraction of sp³-hybridized carbons (Fsp3) is 0.263. The number of nitro benzene ring substituents is 1. The van der Waals surface area contributed by atoms with E-state index in [1.807, 2.05) is 32.0 Å². The maximum Gasteiger partial charge on any atom is 0.269 e. The lowest BCUT2D eigenvalue weighted by molar-refractivity contribution is -0.384. The van der Waals surface area contributed by atoms with Crippen LogP contribution in [0.1, 0.15) is 17.5 Å². The summed E-state index contributed by atoms with van der Waals surface area (Å²) in [6.07, 6.45) is 0.119. The van der Waals surface area contributed by atoms with Crippen molar-refractivity contribution in [3.8, 4) is 0 Å². The number of amides is 2. The standard InChI is InChI=1S/C19H19N3O4/c1-12-3-4-15(9-13(12)2)20-19(24)14-10-18(23)21(11-14)16-5-7-17(8-6-16)22(25)26/h3-9,14H,10-11H2,1-2H3,(H,20,24)/t14-/m0/s1. The molecule has 2 amide bonds. The molecule has 1 fully saturated rings. The van der Waals surface area contributed by atoms with E-state index in [1.54, 1.807) is 0 Å². The highest BCUT2D eigenvalue weighted by molar-refractivity contribution is 6.03. The van der Waals surface area contributed by atoms with Crippen molar-refractivity contribution in [1.82, 2.24) is 0 Å². The summed E-state index contributed by atoms with van der Waals surface area (Å²) in [7, 11) is 0. The van der Waals surface area contributed by atoms with Crippen molar-refractivity contribution in [3.63, 3.8) is 0 Å². The van der Waals surface area contributed by atoms with E-state index in [2.05, 4.69) is 5.32 Å². The van der Waals surface area contributed by atoms with Crippen molar-refractivity contribution in [2.45, 2.75) is 20.3 Å². The SMILES string of the molecule is Cc1ccc(NC(=O)[C@H]2CC(=O)N(c3ccc([N+](=O)[O-])cc3)C2)cc1C. The van der Waals surface area contributed by atoms with Crippen LogP contribution in [0.2, 0.25) is 0 Å². The van der Waals surface area contributed by atoms with Gasteiger partial charge in [-0.2, -0.15) is 0 Å². The van der Waals surface area contributed by atoms with Crippen LogP contribution in [0.25, 0.3) is 0 Å². The van der Waals surface area contributed by atoms with Crippen LogP contribution in [-0.4, -0.2) is 23.3 Å². The molecular formula is C19H19N3O4. The molecule has 26 heavy (non-hydrogen) atoms. The number of benzene rings is 2. The molecule has 0 saturated carbocycles. The number of nitrogens with zero attached hydrogens (tertiary/aromatic N) is 2. The number of hydrogen-bond donors (Lipinski definition) is 1. The van der Waals surface area contributed by atoms with Gasteiger partial charge < -0.3 is 10.2 Å². The predicted molar refractivity (Wildman–Crippen MR) is 98.1 cm³/mol. The van der Waals surface area contributed by atoms with Crippen LogP contribution in [0.3, 0.4) is 0 Å². The Morgan fingerprint density at radius 1 is 1.15 bits per heavy atom. The van der Waals surface area contributed by atoms with Crippen LogP contribution in [0.5, 0.6) is 0 Å². The third-order valence-corrected chi connectivity index (χ3v) is 4.64. The van der Waals surface area contributed by atoms with E-state index in [4.69, 9.17) is 0 Å². The first kappa shape index (κ1) is 17.6. The lowest BCUT2D eigenvalue weighted by Crippen LogP contribution is -2.28. The predicted octanol–water partition coefficient (Wildman–Crippen LogP) is 3.20. The fourth-order valence-corrected chi connectivity index (χ4v) is 2.95. The number of anilines is 2. The number of non-ortho nitro benzene ring substituents is 1. The van der Waals surface area contributed by atoms with Crippen LogP contribution < -0.4 is 10.2 Å².